The minimum absolute atomic E-state index is 0.0763. The topological polar surface area (TPSA) is 55.2 Å². The summed E-state index contributed by atoms with van der Waals surface area (Å²) in [6.45, 7) is 0.255. The molecule has 7 heteroatoms. The van der Waals surface area contributed by atoms with Crippen LogP contribution in [-0.2, 0) is 6.54 Å². The molecule has 104 valence electrons. The van der Waals surface area contributed by atoms with Crippen LogP contribution in [-0.4, -0.2) is 4.92 Å². The molecule has 0 unspecified atom stereocenters. The molecule has 0 aliphatic heterocycles. The van der Waals surface area contributed by atoms with Gasteiger partial charge in [0.15, 0.2) is 0 Å². The van der Waals surface area contributed by atoms with Crippen LogP contribution in [0.4, 0.5) is 15.8 Å². The first-order chi connectivity index (χ1) is 9.47. The Kier molecular flexibility index (Phi) is 4.57. The maximum Gasteiger partial charge on any atom is 0.288 e. The minimum atomic E-state index is -0.550. The summed E-state index contributed by atoms with van der Waals surface area (Å²) in [5, 5.41) is 13.7. The molecule has 0 aromatic heterocycles. The Hall–Kier alpha value is -1.66. The third-order valence-corrected chi connectivity index (χ3v) is 3.43. The van der Waals surface area contributed by atoms with Crippen molar-refractivity contribution in [3.63, 3.8) is 0 Å². The van der Waals surface area contributed by atoms with Crippen LogP contribution in [0.15, 0.2) is 40.9 Å². The number of benzene rings is 2. The number of hydrogen-bond acceptors (Lipinski definition) is 3. The Morgan fingerprint density at radius 2 is 2.05 bits per heavy atom. The number of nitrogens with one attached hydrogen (secondary N) is 1. The summed E-state index contributed by atoms with van der Waals surface area (Å²) in [6.07, 6.45) is 0. The van der Waals surface area contributed by atoms with E-state index in [9.17, 15) is 14.5 Å². The van der Waals surface area contributed by atoms with Gasteiger partial charge in [-0.05, 0) is 29.8 Å². The molecular weight excluding hydrogens is 351 g/mol. The lowest BCUT2D eigenvalue weighted by molar-refractivity contribution is -0.384. The predicted molar refractivity (Wildman–Crippen MR) is 79.5 cm³/mol. The third-order valence-electron chi connectivity index (χ3n) is 2.62. The number of nitrogens with zero attached hydrogens (tertiary/aromatic N) is 1. The summed E-state index contributed by atoms with van der Waals surface area (Å²) in [4.78, 5) is 10.2. The van der Waals surface area contributed by atoms with Crippen LogP contribution in [0.3, 0.4) is 0 Å². The van der Waals surface area contributed by atoms with Gasteiger partial charge in [-0.15, -0.1) is 0 Å². The Labute approximate surface area is 127 Å². The van der Waals surface area contributed by atoms with Gasteiger partial charge in [-0.2, -0.15) is 0 Å². The fraction of sp³-hybridized carbons (Fsp3) is 0.0769. The van der Waals surface area contributed by atoms with Crippen LogP contribution in [0.1, 0.15) is 5.56 Å². The number of nitro groups is 1. The molecule has 0 atom stereocenters. The van der Waals surface area contributed by atoms with Crippen molar-refractivity contribution in [2.24, 2.45) is 0 Å². The lowest BCUT2D eigenvalue weighted by Crippen LogP contribution is -2.02. The zero-order valence-electron chi connectivity index (χ0n) is 10.1. The van der Waals surface area contributed by atoms with Crippen LogP contribution in [0, 0.1) is 15.9 Å². The highest BCUT2D eigenvalue weighted by molar-refractivity contribution is 9.10. The van der Waals surface area contributed by atoms with E-state index in [2.05, 4.69) is 21.2 Å². The molecule has 0 spiro atoms. The smallest absolute Gasteiger partial charge is 0.288 e. The summed E-state index contributed by atoms with van der Waals surface area (Å²) in [5.74, 6) is -0.392. The Morgan fingerprint density at radius 3 is 2.75 bits per heavy atom. The first-order valence-electron chi connectivity index (χ1n) is 5.59. The molecule has 4 nitrogen and oxygen atoms in total. The van der Waals surface area contributed by atoms with Crippen molar-refractivity contribution in [3.8, 4) is 0 Å². The minimum Gasteiger partial charge on any atom is -0.379 e. The lowest BCUT2D eigenvalue weighted by Gasteiger charge is -2.08. The van der Waals surface area contributed by atoms with Gasteiger partial charge in [-0.25, -0.2) is 4.39 Å². The van der Waals surface area contributed by atoms with E-state index in [0.717, 1.165) is 4.47 Å². The van der Waals surface area contributed by atoms with Gasteiger partial charge in [-0.3, -0.25) is 10.1 Å². The highest BCUT2D eigenvalue weighted by Crippen LogP contribution is 2.26. The van der Waals surface area contributed by atoms with Gasteiger partial charge in [0, 0.05) is 17.1 Å². The van der Waals surface area contributed by atoms with Gasteiger partial charge in [0.05, 0.1) is 10.6 Å². The van der Waals surface area contributed by atoms with Gasteiger partial charge >= 0.3 is 0 Å². The monoisotopic (exact) mass is 358 g/mol. The van der Waals surface area contributed by atoms with Crippen molar-refractivity contribution in [1.82, 2.24) is 0 Å². The average Bonchev–Trinajstić information content (AvgIpc) is 2.41. The second-order valence-corrected chi connectivity index (χ2v) is 5.34. The van der Waals surface area contributed by atoms with Crippen molar-refractivity contribution < 1.29 is 9.31 Å². The SMILES string of the molecule is O=[N+]([O-])c1cc(CNc2cc(Br)ccc2F)ccc1Cl. The maximum atomic E-state index is 13.5. The van der Waals surface area contributed by atoms with Crippen LogP contribution < -0.4 is 5.32 Å². The summed E-state index contributed by atoms with van der Waals surface area (Å²) in [5.41, 5.74) is 0.790. The molecule has 0 aliphatic carbocycles. The molecule has 1 N–H and O–H groups in total. The zero-order valence-corrected chi connectivity index (χ0v) is 12.4. The summed E-state index contributed by atoms with van der Waals surface area (Å²) >= 11 is 8.98. The number of hydrogen-bond donors (Lipinski definition) is 1. The normalized spacial score (nSPS) is 10.3. The fourth-order valence-electron chi connectivity index (χ4n) is 1.64. The second kappa shape index (κ2) is 6.19. The molecule has 0 radical (unpaired) electrons. The summed E-state index contributed by atoms with van der Waals surface area (Å²) < 4.78 is 14.3. The molecule has 0 saturated heterocycles. The van der Waals surface area contributed by atoms with Gasteiger partial charge in [-0.1, -0.05) is 33.6 Å². The standard InChI is InChI=1S/C13H9BrClFN2O2/c14-9-2-4-11(16)12(6-9)17-7-8-1-3-10(15)13(5-8)18(19)20/h1-6,17H,7H2. The van der Waals surface area contributed by atoms with E-state index >= 15 is 0 Å². The van der Waals surface area contributed by atoms with Crippen LogP contribution in [0.25, 0.3) is 0 Å². The second-order valence-electron chi connectivity index (χ2n) is 4.02. The Bertz CT molecular complexity index is 667. The molecular formula is C13H9BrClFN2O2. The molecule has 0 heterocycles. The van der Waals surface area contributed by atoms with Gasteiger partial charge < -0.3 is 5.32 Å². The molecule has 0 saturated carbocycles. The zero-order chi connectivity index (χ0) is 14.7. The fourth-order valence-corrected chi connectivity index (χ4v) is 2.19. The highest BCUT2D eigenvalue weighted by atomic mass is 79.9. The van der Waals surface area contributed by atoms with Crippen molar-refractivity contribution in [3.05, 3.63) is 67.4 Å². The molecule has 2 aromatic carbocycles. The summed E-state index contributed by atoms with van der Waals surface area (Å²) in [7, 11) is 0. The Morgan fingerprint density at radius 1 is 1.30 bits per heavy atom. The van der Waals surface area contributed by atoms with E-state index in [4.69, 9.17) is 11.6 Å². The van der Waals surface area contributed by atoms with Crippen molar-refractivity contribution in [2.45, 2.75) is 6.54 Å². The average molecular weight is 360 g/mol. The maximum absolute atomic E-state index is 13.5. The van der Waals surface area contributed by atoms with Gasteiger partial charge in [0.2, 0.25) is 0 Å². The van der Waals surface area contributed by atoms with E-state index in [1.54, 1.807) is 18.2 Å². The molecule has 0 aliphatic rings. The largest absolute Gasteiger partial charge is 0.379 e. The van der Waals surface area contributed by atoms with Crippen LogP contribution in [0.5, 0.6) is 0 Å². The number of halogens is 3. The Balaban J connectivity index is 2.17. The molecule has 2 aromatic rings. The third kappa shape index (κ3) is 3.46. The van der Waals surface area contributed by atoms with E-state index in [1.165, 1.54) is 18.2 Å². The first kappa shape index (κ1) is 14.7. The molecule has 20 heavy (non-hydrogen) atoms. The van der Waals surface area contributed by atoms with Crippen molar-refractivity contribution >= 4 is 38.9 Å². The number of nitro benzene ring substituents is 1. The molecule has 0 fully saturated rings. The van der Waals surface area contributed by atoms with E-state index in [0.29, 0.717) is 11.3 Å². The number of rotatable bonds is 4. The van der Waals surface area contributed by atoms with Crippen LogP contribution >= 0.6 is 27.5 Å². The van der Waals surface area contributed by atoms with Crippen LogP contribution in [0.2, 0.25) is 5.02 Å². The predicted octanol–water partition coefficient (Wildman–Crippen LogP) is 4.76. The van der Waals surface area contributed by atoms with Gasteiger partial charge in [0.25, 0.3) is 5.69 Å². The van der Waals surface area contributed by atoms with E-state index < -0.39 is 10.7 Å². The quantitative estimate of drug-likeness (QED) is 0.632. The van der Waals surface area contributed by atoms with Gasteiger partial charge in [0.1, 0.15) is 10.8 Å². The van der Waals surface area contributed by atoms with E-state index in [-0.39, 0.29) is 17.3 Å². The highest BCUT2D eigenvalue weighted by Gasteiger charge is 2.12. The molecule has 0 amide bonds. The van der Waals surface area contributed by atoms with Crippen molar-refractivity contribution in [1.29, 1.82) is 0 Å². The van der Waals surface area contributed by atoms with Crippen molar-refractivity contribution in [2.75, 3.05) is 5.32 Å². The number of anilines is 1. The lowest BCUT2D eigenvalue weighted by atomic mass is 10.2. The molecule has 0 bridgehead atoms. The molecule has 2 rings (SSSR count). The first-order valence-corrected chi connectivity index (χ1v) is 6.76. The van der Waals surface area contributed by atoms with E-state index in [1.807, 2.05) is 0 Å². The summed E-state index contributed by atoms with van der Waals surface area (Å²) in [6, 6.07) is 8.99.